The van der Waals surface area contributed by atoms with Crippen LogP contribution in [0.4, 0.5) is 0 Å². The predicted molar refractivity (Wildman–Crippen MR) is 75.6 cm³/mol. The summed E-state index contributed by atoms with van der Waals surface area (Å²) in [5.41, 5.74) is 0.666. The molecule has 1 aromatic carbocycles. The first-order valence-electron chi connectivity index (χ1n) is 5.67. The molecule has 1 rings (SSSR count). The molecule has 1 atom stereocenters. The van der Waals surface area contributed by atoms with Gasteiger partial charge in [-0.2, -0.15) is 0 Å². The van der Waals surface area contributed by atoms with E-state index < -0.39 is 0 Å². The molecule has 0 saturated carbocycles. The van der Waals surface area contributed by atoms with Crippen molar-refractivity contribution in [3.8, 4) is 0 Å². The number of alkyl halides is 1. The Morgan fingerprint density at radius 1 is 1.47 bits per heavy atom. The van der Waals surface area contributed by atoms with Crippen LogP contribution in [0.3, 0.4) is 0 Å². The van der Waals surface area contributed by atoms with Crippen molar-refractivity contribution in [1.82, 2.24) is 5.32 Å². The van der Waals surface area contributed by atoms with Crippen LogP contribution in [0.15, 0.2) is 28.7 Å². The Bertz CT molecular complexity index is 381. The first-order chi connectivity index (χ1) is 8.04. The number of carbonyl (C=O) groups is 1. The topological polar surface area (TPSA) is 29.1 Å². The minimum atomic E-state index is -0.0462. The van der Waals surface area contributed by atoms with Crippen molar-refractivity contribution in [2.45, 2.75) is 26.3 Å². The third kappa shape index (κ3) is 4.68. The average molecular weight is 319 g/mol. The Morgan fingerprint density at radius 2 is 2.18 bits per heavy atom. The van der Waals surface area contributed by atoms with E-state index in [-0.39, 0.29) is 11.9 Å². The summed E-state index contributed by atoms with van der Waals surface area (Å²) in [7, 11) is 0. The van der Waals surface area contributed by atoms with Gasteiger partial charge in [-0.15, -0.1) is 11.6 Å². The molecule has 2 nitrogen and oxygen atoms in total. The van der Waals surface area contributed by atoms with E-state index in [0.717, 1.165) is 10.9 Å². The van der Waals surface area contributed by atoms with E-state index in [0.29, 0.717) is 17.4 Å². The lowest BCUT2D eigenvalue weighted by molar-refractivity contribution is 0.0925. The number of nitrogens with one attached hydrogen (secondary N) is 1. The first-order valence-corrected chi connectivity index (χ1v) is 6.99. The van der Waals surface area contributed by atoms with E-state index in [2.05, 4.69) is 35.1 Å². The molecule has 1 unspecified atom stereocenters. The fourth-order valence-corrected chi connectivity index (χ4v) is 2.21. The molecule has 0 saturated heterocycles. The van der Waals surface area contributed by atoms with Crippen molar-refractivity contribution in [2.75, 3.05) is 5.88 Å². The average Bonchev–Trinajstić information content (AvgIpc) is 2.28. The Balaban J connectivity index is 2.70. The molecule has 4 heteroatoms. The fourth-order valence-electron chi connectivity index (χ4n) is 1.57. The van der Waals surface area contributed by atoms with Crippen LogP contribution in [0.5, 0.6) is 0 Å². The number of benzene rings is 1. The highest BCUT2D eigenvalue weighted by atomic mass is 79.9. The minimum absolute atomic E-state index is 0.0462. The highest BCUT2D eigenvalue weighted by Crippen LogP contribution is 2.13. The van der Waals surface area contributed by atoms with E-state index in [1.807, 2.05) is 18.2 Å². The van der Waals surface area contributed by atoms with Crippen LogP contribution < -0.4 is 5.32 Å². The third-order valence-electron chi connectivity index (χ3n) is 2.63. The van der Waals surface area contributed by atoms with Gasteiger partial charge < -0.3 is 5.32 Å². The number of hydrogen-bond acceptors (Lipinski definition) is 1. The second-order valence-electron chi connectivity index (χ2n) is 4.31. The maximum Gasteiger partial charge on any atom is 0.251 e. The van der Waals surface area contributed by atoms with Crippen molar-refractivity contribution in [2.24, 2.45) is 5.92 Å². The van der Waals surface area contributed by atoms with Gasteiger partial charge in [0.25, 0.3) is 5.91 Å². The van der Waals surface area contributed by atoms with Gasteiger partial charge in [-0.05, 0) is 30.5 Å². The summed E-state index contributed by atoms with van der Waals surface area (Å²) in [4.78, 5) is 12.0. The smallest absolute Gasteiger partial charge is 0.251 e. The van der Waals surface area contributed by atoms with Gasteiger partial charge in [-0.25, -0.2) is 0 Å². The second-order valence-corrected chi connectivity index (χ2v) is 5.61. The van der Waals surface area contributed by atoms with E-state index in [1.54, 1.807) is 6.07 Å². The predicted octanol–water partition coefficient (Wildman–Crippen LogP) is 3.83. The molecule has 94 valence electrons. The molecule has 1 aromatic rings. The van der Waals surface area contributed by atoms with Gasteiger partial charge in [0, 0.05) is 22.0 Å². The van der Waals surface area contributed by atoms with Gasteiger partial charge in [0.2, 0.25) is 0 Å². The lowest BCUT2D eigenvalue weighted by Gasteiger charge is -2.21. The van der Waals surface area contributed by atoms with Crippen LogP contribution in [0.25, 0.3) is 0 Å². The number of rotatable bonds is 5. The zero-order valence-electron chi connectivity index (χ0n) is 10.0. The van der Waals surface area contributed by atoms with Crippen LogP contribution in [0.1, 0.15) is 30.6 Å². The maximum absolute atomic E-state index is 12.0. The molecule has 17 heavy (non-hydrogen) atoms. The third-order valence-corrected chi connectivity index (χ3v) is 3.34. The van der Waals surface area contributed by atoms with Crippen molar-refractivity contribution >= 4 is 33.4 Å². The zero-order chi connectivity index (χ0) is 12.8. The number of carbonyl (C=O) groups excluding carboxylic acids is 1. The molecule has 0 aliphatic rings. The van der Waals surface area contributed by atoms with Gasteiger partial charge in [0.05, 0.1) is 0 Å². The van der Waals surface area contributed by atoms with Gasteiger partial charge in [-0.3, -0.25) is 4.79 Å². The Morgan fingerprint density at radius 3 is 2.71 bits per heavy atom. The lowest BCUT2D eigenvalue weighted by atomic mass is 10.0. The summed E-state index contributed by atoms with van der Waals surface area (Å²) >= 11 is 9.09. The number of hydrogen-bond donors (Lipinski definition) is 1. The van der Waals surface area contributed by atoms with Gasteiger partial charge >= 0.3 is 0 Å². The number of amides is 1. The Hall–Kier alpha value is -0.540. The zero-order valence-corrected chi connectivity index (χ0v) is 12.4. The van der Waals surface area contributed by atoms with Crippen molar-refractivity contribution < 1.29 is 4.79 Å². The van der Waals surface area contributed by atoms with E-state index in [1.165, 1.54) is 0 Å². The van der Waals surface area contributed by atoms with Gasteiger partial charge in [0.1, 0.15) is 0 Å². The summed E-state index contributed by atoms with van der Waals surface area (Å²) in [6.07, 6.45) is 0.791. The van der Waals surface area contributed by atoms with Gasteiger partial charge in [-0.1, -0.05) is 35.8 Å². The SMILES string of the molecule is CC(C)C(CCCl)NC(=O)c1cccc(Br)c1. The molecule has 0 aliphatic carbocycles. The molecule has 0 fully saturated rings. The first kappa shape index (κ1) is 14.5. The largest absolute Gasteiger partial charge is 0.349 e. The molecular weight excluding hydrogens is 302 g/mol. The molecule has 1 N–H and O–H groups in total. The monoisotopic (exact) mass is 317 g/mol. The minimum Gasteiger partial charge on any atom is -0.349 e. The lowest BCUT2D eigenvalue weighted by Crippen LogP contribution is -2.38. The molecule has 1 amide bonds. The van der Waals surface area contributed by atoms with E-state index >= 15 is 0 Å². The summed E-state index contributed by atoms with van der Waals surface area (Å²) in [6, 6.07) is 7.49. The van der Waals surface area contributed by atoms with Crippen molar-refractivity contribution in [3.63, 3.8) is 0 Å². The van der Waals surface area contributed by atoms with Crippen LogP contribution in [0.2, 0.25) is 0 Å². The number of halogens is 2. The summed E-state index contributed by atoms with van der Waals surface area (Å²) < 4.78 is 0.906. The van der Waals surface area contributed by atoms with Crippen molar-refractivity contribution in [1.29, 1.82) is 0 Å². The Kier molecular flexibility index (Phi) is 6.00. The Labute approximate surface area is 116 Å². The highest BCUT2D eigenvalue weighted by Gasteiger charge is 2.16. The summed E-state index contributed by atoms with van der Waals surface area (Å²) in [5, 5.41) is 3.02. The van der Waals surface area contributed by atoms with Gasteiger partial charge in [0.15, 0.2) is 0 Å². The molecular formula is C13H17BrClNO. The van der Waals surface area contributed by atoms with Crippen molar-refractivity contribution in [3.05, 3.63) is 34.3 Å². The highest BCUT2D eigenvalue weighted by molar-refractivity contribution is 9.10. The maximum atomic E-state index is 12.0. The van der Waals surface area contributed by atoms with Crippen LogP contribution in [-0.2, 0) is 0 Å². The molecule has 0 spiro atoms. The molecule has 0 bridgehead atoms. The van der Waals surface area contributed by atoms with Crippen LogP contribution in [0, 0.1) is 5.92 Å². The summed E-state index contributed by atoms with van der Waals surface area (Å²) in [5.74, 6) is 0.890. The fraction of sp³-hybridized carbons (Fsp3) is 0.462. The molecule has 0 heterocycles. The molecule has 0 radical (unpaired) electrons. The van der Waals surface area contributed by atoms with E-state index in [4.69, 9.17) is 11.6 Å². The second kappa shape index (κ2) is 7.02. The quantitative estimate of drug-likeness (QED) is 0.821. The van der Waals surface area contributed by atoms with Crippen LogP contribution >= 0.6 is 27.5 Å². The molecule has 0 aliphatic heterocycles. The van der Waals surface area contributed by atoms with E-state index in [9.17, 15) is 4.79 Å². The normalized spacial score (nSPS) is 12.5. The molecule has 0 aromatic heterocycles. The standard InChI is InChI=1S/C13H17BrClNO/c1-9(2)12(6-7-15)16-13(17)10-4-3-5-11(14)8-10/h3-5,8-9,12H,6-7H2,1-2H3,(H,16,17). The summed E-state index contributed by atoms with van der Waals surface area (Å²) in [6.45, 7) is 4.16. The van der Waals surface area contributed by atoms with Crippen LogP contribution in [-0.4, -0.2) is 17.8 Å².